The summed E-state index contributed by atoms with van der Waals surface area (Å²) >= 11 is 4.17. The van der Waals surface area contributed by atoms with E-state index in [2.05, 4.69) is 71.4 Å². The number of rotatable bonds is 3. The van der Waals surface area contributed by atoms with Crippen LogP contribution in [0.1, 0.15) is 75.3 Å². The quantitative estimate of drug-likeness (QED) is 0.401. The summed E-state index contributed by atoms with van der Waals surface area (Å²) in [6.45, 7) is 2.58. The first kappa shape index (κ1) is 19.6. The van der Waals surface area contributed by atoms with E-state index in [9.17, 15) is 0 Å². The van der Waals surface area contributed by atoms with Crippen LogP contribution in [0.15, 0.2) is 48.5 Å². The van der Waals surface area contributed by atoms with Crippen LogP contribution >= 0.6 is 15.9 Å². The molecule has 1 heteroatoms. The molecule has 158 valence electrons. The molecule has 2 aromatic carbocycles. The van der Waals surface area contributed by atoms with Crippen molar-refractivity contribution in [2.45, 2.75) is 69.0 Å². The molecule has 7 unspecified atom stereocenters. The van der Waals surface area contributed by atoms with Gasteiger partial charge in [-0.2, -0.15) is 0 Å². The zero-order valence-electron chi connectivity index (χ0n) is 18.3. The Morgan fingerprint density at radius 2 is 1.37 bits per heavy atom. The predicted octanol–water partition coefficient (Wildman–Crippen LogP) is 8.44. The van der Waals surface area contributed by atoms with Crippen LogP contribution in [0.25, 0.3) is 11.1 Å². The van der Waals surface area contributed by atoms with Crippen molar-refractivity contribution in [2.75, 3.05) is 0 Å². The van der Waals surface area contributed by atoms with Gasteiger partial charge in [-0.05, 0) is 96.3 Å². The predicted molar refractivity (Wildman–Crippen MR) is 130 cm³/mol. The van der Waals surface area contributed by atoms with Crippen molar-refractivity contribution < 1.29 is 0 Å². The van der Waals surface area contributed by atoms with Crippen LogP contribution in [0, 0.1) is 35.5 Å². The topological polar surface area (TPSA) is 0 Å². The average molecular weight is 464 g/mol. The highest BCUT2D eigenvalue weighted by Gasteiger charge is 2.51. The Hall–Kier alpha value is -1.08. The van der Waals surface area contributed by atoms with E-state index in [0.717, 1.165) is 40.3 Å². The van der Waals surface area contributed by atoms with E-state index in [1.165, 1.54) is 62.5 Å². The Balaban J connectivity index is 1.24. The van der Waals surface area contributed by atoms with Gasteiger partial charge in [0.1, 0.15) is 0 Å². The zero-order valence-corrected chi connectivity index (χ0v) is 19.9. The molecule has 6 rings (SSSR count). The van der Waals surface area contributed by atoms with Crippen molar-refractivity contribution in [1.29, 1.82) is 0 Å². The highest BCUT2D eigenvalue weighted by Crippen LogP contribution is 2.59. The summed E-state index contributed by atoms with van der Waals surface area (Å²) in [7, 11) is 0. The molecule has 0 aliphatic heterocycles. The molecule has 0 amide bonds. The molecule has 0 spiro atoms. The highest BCUT2D eigenvalue weighted by molar-refractivity contribution is 9.09. The van der Waals surface area contributed by atoms with Gasteiger partial charge in [-0.15, -0.1) is 0 Å². The van der Waals surface area contributed by atoms with E-state index in [0.29, 0.717) is 5.92 Å². The average Bonchev–Trinajstić information content (AvgIpc) is 3.27. The maximum absolute atomic E-state index is 4.17. The second-order valence-corrected chi connectivity index (χ2v) is 12.0. The molecule has 4 aliphatic carbocycles. The van der Waals surface area contributed by atoms with Gasteiger partial charge in [0.2, 0.25) is 0 Å². The van der Waals surface area contributed by atoms with Crippen molar-refractivity contribution in [1.82, 2.24) is 0 Å². The molecule has 0 N–H and O–H groups in total. The van der Waals surface area contributed by atoms with Crippen molar-refractivity contribution >= 4 is 15.9 Å². The lowest BCUT2D eigenvalue weighted by molar-refractivity contribution is 0.0643. The standard InChI is InChI=1S/C29H35Br/c1-18-16-27-24-12-6-7-13-26(24)29(30)17-28(27)19(18)14-15-25-22-10-4-2-8-20(22)21-9-3-5-11-23(21)25/h2-5,8-11,18-19,24-29H,6-7,12-17H2,1H3. The summed E-state index contributed by atoms with van der Waals surface area (Å²) in [4.78, 5) is 0.782. The maximum atomic E-state index is 4.17. The summed E-state index contributed by atoms with van der Waals surface area (Å²) in [5, 5.41) is 0. The van der Waals surface area contributed by atoms with E-state index in [1.807, 2.05) is 0 Å². The molecule has 0 nitrogen and oxygen atoms in total. The summed E-state index contributed by atoms with van der Waals surface area (Å²) in [6.07, 6.45) is 11.6. The fraction of sp³-hybridized carbons (Fsp3) is 0.586. The van der Waals surface area contributed by atoms with Gasteiger partial charge in [0, 0.05) is 10.7 Å². The molecule has 2 aromatic rings. The molecule has 0 bridgehead atoms. The monoisotopic (exact) mass is 462 g/mol. The molecule has 30 heavy (non-hydrogen) atoms. The minimum atomic E-state index is 0.606. The number of hydrogen-bond donors (Lipinski definition) is 0. The Bertz CT molecular complexity index is 871. The van der Waals surface area contributed by atoms with Gasteiger partial charge >= 0.3 is 0 Å². The van der Waals surface area contributed by atoms with Gasteiger partial charge < -0.3 is 0 Å². The third-order valence-electron chi connectivity index (χ3n) is 9.61. The maximum Gasteiger partial charge on any atom is 0.0179 e. The van der Waals surface area contributed by atoms with E-state index in [1.54, 1.807) is 11.1 Å². The molecule has 3 saturated carbocycles. The molecule has 0 heterocycles. The van der Waals surface area contributed by atoms with Crippen LogP contribution in [-0.2, 0) is 0 Å². The van der Waals surface area contributed by atoms with Gasteiger partial charge in [-0.25, -0.2) is 0 Å². The third kappa shape index (κ3) is 3.06. The van der Waals surface area contributed by atoms with Crippen LogP contribution < -0.4 is 0 Å². The second-order valence-electron chi connectivity index (χ2n) is 10.9. The van der Waals surface area contributed by atoms with Gasteiger partial charge in [0.15, 0.2) is 0 Å². The zero-order chi connectivity index (χ0) is 20.2. The van der Waals surface area contributed by atoms with Crippen LogP contribution in [0.2, 0.25) is 0 Å². The first-order chi connectivity index (χ1) is 14.7. The minimum absolute atomic E-state index is 0.606. The first-order valence-corrected chi connectivity index (χ1v) is 13.5. The smallest absolute Gasteiger partial charge is 0.0179 e. The van der Waals surface area contributed by atoms with Crippen LogP contribution in [0.4, 0.5) is 0 Å². The molecule has 0 radical (unpaired) electrons. The van der Waals surface area contributed by atoms with Crippen LogP contribution in [0.3, 0.4) is 0 Å². The van der Waals surface area contributed by atoms with Gasteiger partial charge in [-0.3, -0.25) is 0 Å². The van der Waals surface area contributed by atoms with Gasteiger partial charge in [0.05, 0.1) is 0 Å². The van der Waals surface area contributed by atoms with Crippen molar-refractivity contribution in [2.24, 2.45) is 35.5 Å². The lowest BCUT2D eigenvalue weighted by Crippen LogP contribution is -2.41. The van der Waals surface area contributed by atoms with E-state index in [-0.39, 0.29) is 0 Å². The number of hydrogen-bond acceptors (Lipinski definition) is 0. The molecule has 3 fully saturated rings. The molecule has 0 aromatic heterocycles. The molecular formula is C29H35Br. The summed E-state index contributed by atoms with van der Waals surface area (Å²) in [5.74, 6) is 6.42. The number of benzene rings is 2. The Labute approximate surface area is 191 Å². The van der Waals surface area contributed by atoms with Crippen molar-refractivity contribution in [3.63, 3.8) is 0 Å². The van der Waals surface area contributed by atoms with Crippen molar-refractivity contribution in [3.8, 4) is 11.1 Å². The van der Waals surface area contributed by atoms with Crippen molar-refractivity contribution in [3.05, 3.63) is 59.7 Å². The third-order valence-corrected chi connectivity index (χ3v) is 10.7. The second kappa shape index (κ2) is 7.80. The van der Waals surface area contributed by atoms with Gasteiger partial charge in [0.25, 0.3) is 0 Å². The molecular weight excluding hydrogens is 428 g/mol. The number of fused-ring (bicyclic) bond motifs is 6. The van der Waals surface area contributed by atoms with Crippen LogP contribution in [-0.4, -0.2) is 4.83 Å². The fourth-order valence-electron chi connectivity index (χ4n) is 8.39. The SMILES string of the molecule is CC1CC2C(CC(Br)C3CCCCC32)C1CCC1c2ccccc2-c2ccccc21. The first-order valence-electron chi connectivity index (χ1n) is 12.5. The summed E-state index contributed by atoms with van der Waals surface area (Å²) < 4.78 is 0. The highest BCUT2D eigenvalue weighted by atomic mass is 79.9. The fourth-order valence-corrected chi connectivity index (χ4v) is 9.48. The Morgan fingerprint density at radius 3 is 2.07 bits per heavy atom. The minimum Gasteiger partial charge on any atom is -0.0887 e. The number of alkyl halides is 1. The normalized spacial score (nSPS) is 37.3. The summed E-state index contributed by atoms with van der Waals surface area (Å²) in [6, 6.07) is 18.4. The van der Waals surface area contributed by atoms with Crippen LogP contribution in [0.5, 0.6) is 0 Å². The lowest BCUT2D eigenvalue weighted by Gasteiger charge is -2.47. The van der Waals surface area contributed by atoms with Gasteiger partial charge in [-0.1, -0.05) is 84.2 Å². The van der Waals surface area contributed by atoms with E-state index >= 15 is 0 Å². The number of halogens is 1. The van der Waals surface area contributed by atoms with E-state index in [4.69, 9.17) is 0 Å². The Morgan fingerprint density at radius 1 is 0.733 bits per heavy atom. The van der Waals surface area contributed by atoms with E-state index < -0.39 is 0 Å². The lowest BCUT2D eigenvalue weighted by atomic mass is 9.61. The molecule has 7 atom stereocenters. The Kier molecular flexibility index (Phi) is 5.10. The molecule has 4 aliphatic rings. The largest absolute Gasteiger partial charge is 0.0887 e. The molecule has 0 saturated heterocycles. The summed E-state index contributed by atoms with van der Waals surface area (Å²) in [5.41, 5.74) is 6.13.